The van der Waals surface area contributed by atoms with Gasteiger partial charge in [0.2, 0.25) is 5.91 Å². The summed E-state index contributed by atoms with van der Waals surface area (Å²) in [7, 11) is 0. The zero-order valence-electron chi connectivity index (χ0n) is 10.6. The minimum Gasteiger partial charge on any atom is -0.358 e. The topological polar surface area (TPSA) is 90.1 Å². The van der Waals surface area contributed by atoms with Crippen molar-refractivity contribution in [2.24, 2.45) is 5.92 Å². The molecule has 0 aromatic carbocycles. The van der Waals surface area contributed by atoms with E-state index in [0.717, 1.165) is 12.8 Å². The molecular formula is C11H18N4O3. The highest BCUT2D eigenvalue weighted by Crippen LogP contribution is 2.06. The number of rotatable bonds is 7. The first-order valence-electron chi connectivity index (χ1n) is 6.01. The predicted molar refractivity (Wildman–Crippen MR) is 66.0 cm³/mol. The summed E-state index contributed by atoms with van der Waals surface area (Å²) in [6, 6.07) is 1.27. The zero-order valence-corrected chi connectivity index (χ0v) is 10.6. The lowest BCUT2D eigenvalue weighted by Crippen LogP contribution is -2.32. The SMILES string of the molecule is CCC(CC)CNC(=O)Cn1ccc([N+](=O)[O-])n1. The Balaban J connectivity index is 2.41. The Bertz CT molecular complexity index is 412. The van der Waals surface area contributed by atoms with Crippen LogP contribution in [0.2, 0.25) is 0 Å². The van der Waals surface area contributed by atoms with Gasteiger partial charge in [-0.05, 0) is 10.8 Å². The third-order valence-electron chi connectivity index (χ3n) is 2.86. The molecule has 0 fully saturated rings. The Kier molecular flexibility index (Phi) is 5.29. The lowest BCUT2D eigenvalue weighted by Gasteiger charge is -2.12. The van der Waals surface area contributed by atoms with E-state index in [0.29, 0.717) is 12.5 Å². The Hall–Kier alpha value is -1.92. The van der Waals surface area contributed by atoms with Gasteiger partial charge in [0.05, 0.1) is 17.4 Å². The van der Waals surface area contributed by atoms with E-state index in [-0.39, 0.29) is 18.3 Å². The van der Waals surface area contributed by atoms with Crippen LogP contribution in [0.3, 0.4) is 0 Å². The van der Waals surface area contributed by atoms with Gasteiger partial charge in [0.15, 0.2) is 0 Å². The maximum Gasteiger partial charge on any atom is 0.389 e. The normalized spacial score (nSPS) is 10.6. The average molecular weight is 254 g/mol. The number of amides is 1. The van der Waals surface area contributed by atoms with E-state index in [1.54, 1.807) is 0 Å². The van der Waals surface area contributed by atoms with Crippen molar-refractivity contribution in [2.45, 2.75) is 33.2 Å². The van der Waals surface area contributed by atoms with Crippen LogP contribution in [-0.4, -0.2) is 27.2 Å². The second kappa shape index (κ2) is 6.73. The molecule has 1 aromatic rings. The monoisotopic (exact) mass is 254 g/mol. The number of hydrogen-bond acceptors (Lipinski definition) is 4. The highest BCUT2D eigenvalue weighted by Gasteiger charge is 2.13. The highest BCUT2D eigenvalue weighted by molar-refractivity contribution is 5.75. The van der Waals surface area contributed by atoms with Gasteiger partial charge >= 0.3 is 5.82 Å². The molecule has 0 radical (unpaired) electrons. The first-order chi connectivity index (χ1) is 8.56. The molecule has 0 aliphatic carbocycles. The van der Waals surface area contributed by atoms with Crippen LogP contribution in [0, 0.1) is 16.0 Å². The van der Waals surface area contributed by atoms with Crippen LogP contribution >= 0.6 is 0 Å². The Labute approximate surface area is 105 Å². The summed E-state index contributed by atoms with van der Waals surface area (Å²) in [5.41, 5.74) is 0. The van der Waals surface area contributed by atoms with Crippen LogP contribution < -0.4 is 5.32 Å². The molecule has 1 heterocycles. The molecule has 1 amide bonds. The summed E-state index contributed by atoms with van der Waals surface area (Å²) in [6.07, 6.45) is 3.46. The summed E-state index contributed by atoms with van der Waals surface area (Å²) in [5, 5.41) is 16.9. The standard InChI is InChI=1S/C11H18N4O3/c1-3-9(4-2)7-12-11(16)8-14-6-5-10(13-14)15(17)18/h5-6,9H,3-4,7-8H2,1-2H3,(H,12,16). The Morgan fingerprint density at radius 1 is 1.56 bits per heavy atom. The van der Waals surface area contributed by atoms with Gasteiger partial charge in [-0.2, -0.15) is 4.68 Å². The maximum absolute atomic E-state index is 11.6. The largest absolute Gasteiger partial charge is 0.389 e. The Morgan fingerprint density at radius 3 is 2.72 bits per heavy atom. The van der Waals surface area contributed by atoms with Crippen LogP contribution in [0.25, 0.3) is 0 Å². The number of nitrogens with one attached hydrogen (secondary N) is 1. The summed E-state index contributed by atoms with van der Waals surface area (Å²) in [4.78, 5) is 21.4. The molecule has 0 atom stereocenters. The van der Waals surface area contributed by atoms with Crippen molar-refractivity contribution < 1.29 is 9.72 Å². The number of aromatic nitrogens is 2. The van der Waals surface area contributed by atoms with Crippen molar-refractivity contribution in [3.8, 4) is 0 Å². The van der Waals surface area contributed by atoms with Crippen LogP contribution in [-0.2, 0) is 11.3 Å². The molecule has 0 bridgehead atoms. The van der Waals surface area contributed by atoms with Gasteiger partial charge in [0.25, 0.3) is 0 Å². The number of carbonyl (C=O) groups excluding carboxylic acids is 1. The molecule has 0 aliphatic rings. The number of nitrogens with zero attached hydrogens (tertiary/aromatic N) is 3. The fourth-order valence-corrected chi connectivity index (χ4v) is 1.57. The van der Waals surface area contributed by atoms with E-state index < -0.39 is 4.92 Å². The van der Waals surface area contributed by atoms with Crippen molar-refractivity contribution in [3.05, 3.63) is 22.4 Å². The molecule has 100 valence electrons. The summed E-state index contributed by atoms with van der Waals surface area (Å²) >= 11 is 0. The molecular weight excluding hydrogens is 236 g/mol. The van der Waals surface area contributed by atoms with E-state index in [2.05, 4.69) is 24.3 Å². The first-order valence-corrected chi connectivity index (χ1v) is 6.01. The minimum absolute atomic E-state index is 0.00793. The lowest BCUT2D eigenvalue weighted by atomic mass is 10.0. The fourth-order valence-electron chi connectivity index (χ4n) is 1.57. The van der Waals surface area contributed by atoms with Crippen LogP contribution in [0.15, 0.2) is 12.3 Å². The molecule has 0 aliphatic heterocycles. The predicted octanol–water partition coefficient (Wildman–Crippen LogP) is 1.34. The lowest BCUT2D eigenvalue weighted by molar-refractivity contribution is -0.389. The van der Waals surface area contributed by atoms with Crippen LogP contribution in [0.4, 0.5) is 5.82 Å². The second-order valence-corrected chi connectivity index (χ2v) is 4.12. The molecule has 18 heavy (non-hydrogen) atoms. The Morgan fingerprint density at radius 2 is 2.22 bits per heavy atom. The van der Waals surface area contributed by atoms with Gasteiger partial charge in [-0.25, -0.2) is 0 Å². The van der Waals surface area contributed by atoms with Gasteiger partial charge in [-0.15, -0.1) is 0 Å². The van der Waals surface area contributed by atoms with E-state index >= 15 is 0 Å². The molecule has 1 rings (SSSR count). The van der Waals surface area contributed by atoms with Crippen molar-refractivity contribution in [2.75, 3.05) is 6.54 Å². The quantitative estimate of drug-likeness (QED) is 0.587. The van der Waals surface area contributed by atoms with Crippen molar-refractivity contribution in [1.82, 2.24) is 15.1 Å². The third-order valence-corrected chi connectivity index (χ3v) is 2.86. The second-order valence-electron chi connectivity index (χ2n) is 4.12. The molecule has 1 N–H and O–H groups in total. The molecule has 0 saturated carbocycles. The summed E-state index contributed by atoms with van der Waals surface area (Å²) < 4.78 is 1.26. The zero-order chi connectivity index (χ0) is 13.5. The van der Waals surface area contributed by atoms with Crippen LogP contribution in [0.1, 0.15) is 26.7 Å². The summed E-state index contributed by atoms with van der Waals surface area (Å²) in [6.45, 7) is 4.80. The molecule has 1 aromatic heterocycles. The van der Waals surface area contributed by atoms with E-state index in [9.17, 15) is 14.9 Å². The van der Waals surface area contributed by atoms with Gasteiger partial charge in [0, 0.05) is 6.54 Å². The average Bonchev–Trinajstić information content (AvgIpc) is 2.79. The smallest absolute Gasteiger partial charge is 0.358 e. The van der Waals surface area contributed by atoms with E-state index in [1.165, 1.54) is 16.9 Å². The number of carbonyl (C=O) groups is 1. The van der Waals surface area contributed by atoms with Crippen molar-refractivity contribution >= 4 is 11.7 Å². The molecule has 7 heteroatoms. The van der Waals surface area contributed by atoms with Crippen molar-refractivity contribution in [1.29, 1.82) is 0 Å². The number of nitro groups is 1. The third kappa shape index (κ3) is 4.15. The van der Waals surface area contributed by atoms with Crippen molar-refractivity contribution in [3.63, 3.8) is 0 Å². The van der Waals surface area contributed by atoms with Crippen LogP contribution in [0.5, 0.6) is 0 Å². The van der Waals surface area contributed by atoms with E-state index in [1.807, 2.05) is 0 Å². The molecule has 7 nitrogen and oxygen atoms in total. The summed E-state index contributed by atoms with van der Waals surface area (Å²) in [5.74, 6) is 0.0450. The highest BCUT2D eigenvalue weighted by atomic mass is 16.6. The van der Waals surface area contributed by atoms with Gasteiger partial charge < -0.3 is 15.4 Å². The van der Waals surface area contributed by atoms with Gasteiger partial charge in [-0.1, -0.05) is 26.7 Å². The fraction of sp³-hybridized carbons (Fsp3) is 0.636. The number of hydrogen-bond donors (Lipinski definition) is 1. The molecule has 0 saturated heterocycles. The molecule has 0 spiro atoms. The molecule has 0 unspecified atom stereocenters. The van der Waals surface area contributed by atoms with E-state index in [4.69, 9.17) is 0 Å². The first kappa shape index (κ1) is 14.1. The van der Waals surface area contributed by atoms with Gasteiger partial charge in [-0.3, -0.25) is 4.79 Å². The van der Waals surface area contributed by atoms with Gasteiger partial charge in [0.1, 0.15) is 6.54 Å². The minimum atomic E-state index is -0.585. The maximum atomic E-state index is 11.6.